The third-order valence-electron chi connectivity index (χ3n) is 4.98. The molecule has 0 bridgehead atoms. The summed E-state index contributed by atoms with van der Waals surface area (Å²) < 4.78 is 23.1. The van der Waals surface area contributed by atoms with Crippen LogP contribution in [0.2, 0.25) is 5.02 Å². The molecular formula is C20H26ClN5O2S. The van der Waals surface area contributed by atoms with Crippen molar-refractivity contribution in [1.82, 2.24) is 10.2 Å². The molecule has 7 nitrogen and oxygen atoms in total. The molecule has 1 saturated heterocycles. The molecule has 1 aliphatic heterocycles. The van der Waals surface area contributed by atoms with Gasteiger partial charge in [0.1, 0.15) is 0 Å². The summed E-state index contributed by atoms with van der Waals surface area (Å²) >= 11 is 6.16. The number of rotatable bonds is 4. The molecule has 0 amide bonds. The number of nitrogens with two attached hydrogens (primary N) is 1. The lowest BCUT2D eigenvalue weighted by Crippen LogP contribution is -2.52. The molecule has 0 saturated carbocycles. The molecule has 1 aliphatic rings. The summed E-state index contributed by atoms with van der Waals surface area (Å²) in [5, 5.41) is 9.27. The molecule has 0 aliphatic carbocycles. The van der Waals surface area contributed by atoms with Crippen molar-refractivity contribution in [3.05, 3.63) is 58.6 Å². The summed E-state index contributed by atoms with van der Waals surface area (Å²) in [6.45, 7) is 5.93. The zero-order valence-corrected chi connectivity index (χ0v) is 18.2. The Hall–Kier alpha value is -2.29. The fourth-order valence-electron chi connectivity index (χ4n) is 3.43. The van der Waals surface area contributed by atoms with Gasteiger partial charge in [-0.2, -0.15) is 0 Å². The maximum absolute atomic E-state index is 11.5. The van der Waals surface area contributed by atoms with Gasteiger partial charge in [-0.15, -0.1) is 0 Å². The van der Waals surface area contributed by atoms with Crippen LogP contribution in [0, 0.1) is 6.92 Å². The highest BCUT2D eigenvalue weighted by atomic mass is 35.5. The zero-order valence-electron chi connectivity index (χ0n) is 16.6. The SMILES string of the molecule is CN=C(NCc1cccc(S(N)(=O)=O)c1)N1CCN(c2cc(Cl)ccc2C)CC1. The second kappa shape index (κ2) is 9.02. The summed E-state index contributed by atoms with van der Waals surface area (Å²) in [6.07, 6.45) is 0. The molecule has 1 heterocycles. The van der Waals surface area contributed by atoms with Crippen LogP contribution in [0.5, 0.6) is 0 Å². The molecule has 1 fully saturated rings. The highest BCUT2D eigenvalue weighted by Gasteiger charge is 2.21. The monoisotopic (exact) mass is 435 g/mol. The van der Waals surface area contributed by atoms with Gasteiger partial charge in [-0.3, -0.25) is 4.99 Å². The number of hydrogen-bond acceptors (Lipinski definition) is 4. The first-order valence-electron chi connectivity index (χ1n) is 9.36. The van der Waals surface area contributed by atoms with Crippen LogP contribution in [0.4, 0.5) is 5.69 Å². The maximum atomic E-state index is 11.5. The Balaban J connectivity index is 1.60. The summed E-state index contributed by atoms with van der Waals surface area (Å²) in [6, 6.07) is 12.6. The molecule has 0 unspecified atom stereocenters. The van der Waals surface area contributed by atoms with E-state index in [9.17, 15) is 8.42 Å². The fraction of sp³-hybridized carbons (Fsp3) is 0.350. The lowest BCUT2D eigenvalue weighted by molar-refractivity contribution is 0.372. The predicted molar refractivity (Wildman–Crippen MR) is 118 cm³/mol. The van der Waals surface area contributed by atoms with Gasteiger partial charge in [0, 0.05) is 50.5 Å². The van der Waals surface area contributed by atoms with Gasteiger partial charge in [0.05, 0.1) is 4.90 Å². The maximum Gasteiger partial charge on any atom is 0.238 e. The second-order valence-corrected chi connectivity index (χ2v) is 9.00. The predicted octanol–water partition coefficient (Wildman–Crippen LogP) is 2.19. The minimum Gasteiger partial charge on any atom is -0.368 e. The number of nitrogens with zero attached hydrogens (tertiary/aromatic N) is 3. The van der Waals surface area contributed by atoms with E-state index in [4.69, 9.17) is 16.7 Å². The van der Waals surface area contributed by atoms with Crippen molar-refractivity contribution in [2.45, 2.75) is 18.4 Å². The van der Waals surface area contributed by atoms with Crippen molar-refractivity contribution >= 4 is 33.3 Å². The number of primary sulfonamides is 1. The number of aliphatic imine (C=N–C) groups is 1. The van der Waals surface area contributed by atoms with Crippen molar-refractivity contribution in [3.8, 4) is 0 Å². The number of piperazine rings is 1. The van der Waals surface area contributed by atoms with Gasteiger partial charge in [0.25, 0.3) is 0 Å². The quantitative estimate of drug-likeness (QED) is 0.567. The van der Waals surface area contributed by atoms with E-state index < -0.39 is 10.0 Å². The standard InChI is InChI=1S/C20H26ClN5O2S/c1-15-6-7-17(21)13-19(15)25-8-10-26(11-9-25)20(23-2)24-14-16-4-3-5-18(12-16)29(22,27)28/h3-7,12-13H,8-11,14H2,1-2H3,(H,23,24)(H2,22,27,28). The number of aryl methyl sites for hydroxylation is 1. The number of benzene rings is 2. The van der Waals surface area contributed by atoms with Crippen LogP contribution < -0.4 is 15.4 Å². The first-order valence-corrected chi connectivity index (χ1v) is 11.3. The summed E-state index contributed by atoms with van der Waals surface area (Å²) in [7, 11) is -1.97. The van der Waals surface area contributed by atoms with Crippen molar-refractivity contribution in [2.24, 2.45) is 10.1 Å². The Morgan fingerprint density at radius 3 is 2.55 bits per heavy atom. The first-order chi connectivity index (χ1) is 13.8. The van der Waals surface area contributed by atoms with Crippen molar-refractivity contribution in [2.75, 3.05) is 38.1 Å². The molecule has 2 aromatic rings. The van der Waals surface area contributed by atoms with Crippen LogP contribution in [0.25, 0.3) is 0 Å². The average molecular weight is 436 g/mol. The Kier molecular flexibility index (Phi) is 6.66. The molecule has 2 aromatic carbocycles. The van der Waals surface area contributed by atoms with Crippen LogP contribution in [-0.4, -0.2) is 52.5 Å². The number of nitrogens with one attached hydrogen (secondary N) is 1. The van der Waals surface area contributed by atoms with Gasteiger partial charge in [-0.25, -0.2) is 13.6 Å². The Labute approximate surface area is 177 Å². The smallest absolute Gasteiger partial charge is 0.238 e. The van der Waals surface area contributed by atoms with Gasteiger partial charge in [-0.05, 0) is 42.3 Å². The molecule has 29 heavy (non-hydrogen) atoms. The van der Waals surface area contributed by atoms with Crippen LogP contribution in [-0.2, 0) is 16.6 Å². The van der Waals surface area contributed by atoms with Crippen LogP contribution in [0.3, 0.4) is 0 Å². The van der Waals surface area contributed by atoms with E-state index in [0.717, 1.165) is 42.7 Å². The molecule has 0 aromatic heterocycles. The van der Waals surface area contributed by atoms with Crippen LogP contribution >= 0.6 is 11.6 Å². The summed E-state index contributed by atoms with van der Waals surface area (Å²) in [5.41, 5.74) is 3.20. The minimum absolute atomic E-state index is 0.109. The first kappa shape index (κ1) is 21.4. The van der Waals surface area contributed by atoms with Crippen molar-refractivity contribution in [3.63, 3.8) is 0 Å². The van der Waals surface area contributed by atoms with E-state index in [0.29, 0.717) is 6.54 Å². The molecule has 0 atom stereocenters. The lowest BCUT2D eigenvalue weighted by atomic mass is 10.1. The number of hydrogen-bond donors (Lipinski definition) is 2. The molecule has 9 heteroatoms. The lowest BCUT2D eigenvalue weighted by Gasteiger charge is -2.38. The Bertz CT molecular complexity index is 1000. The molecule has 3 rings (SSSR count). The van der Waals surface area contributed by atoms with E-state index in [1.54, 1.807) is 19.2 Å². The number of anilines is 1. The van der Waals surface area contributed by atoms with Gasteiger partial charge >= 0.3 is 0 Å². The van der Waals surface area contributed by atoms with Crippen molar-refractivity contribution < 1.29 is 8.42 Å². The van der Waals surface area contributed by atoms with Crippen LogP contribution in [0.15, 0.2) is 52.4 Å². The molecular weight excluding hydrogens is 410 g/mol. The number of halogens is 1. The second-order valence-electron chi connectivity index (χ2n) is 7.00. The van der Waals surface area contributed by atoms with E-state index in [-0.39, 0.29) is 4.90 Å². The van der Waals surface area contributed by atoms with Crippen molar-refractivity contribution in [1.29, 1.82) is 0 Å². The molecule has 0 spiro atoms. The largest absolute Gasteiger partial charge is 0.368 e. The van der Waals surface area contributed by atoms with Gasteiger partial charge < -0.3 is 15.1 Å². The van der Waals surface area contributed by atoms with Gasteiger partial charge in [0.2, 0.25) is 10.0 Å². The highest BCUT2D eigenvalue weighted by Crippen LogP contribution is 2.25. The fourth-order valence-corrected chi connectivity index (χ4v) is 4.18. The van der Waals surface area contributed by atoms with Gasteiger partial charge in [0.15, 0.2) is 5.96 Å². The third-order valence-corrected chi connectivity index (χ3v) is 6.13. The highest BCUT2D eigenvalue weighted by molar-refractivity contribution is 7.89. The molecule has 0 radical (unpaired) electrons. The minimum atomic E-state index is -3.71. The third kappa shape index (κ3) is 5.41. The Morgan fingerprint density at radius 2 is 1.90 bits per heavy atom. The van der Waals surface area contributed by atoms with Crippen LogP contribution in [0.1, 0.15) is 11.1 Å². The normalized spacial score (nSPS) is 15.5. The van der Waals surface area contributed by atoms with E-state index in [1.165, 1.54) is 17.3 Å². The van der Waals surface area contributed by atoms with E-state index in [2.05, 4.69) is 27.0 Å². The topological polar surface area (TPSA) is 91.0 Å². The summed E-state index contributed by atoms with van der Waals surface area (Å²) in [5.74, 6) is 0.786. The Morgan fingerprint density at radius 1 is 1.17 bits per heavy atom. The van der Waals surface area contributed by atoms with E-state index >= 15 is 0 Å². The average Bonchev–Trinajstić information content (AvgIpc) is 2.70. The number of sulfonamides is 1. The zero-order chi connectivity index (χ0) is 21.0. The molecule has 3 N–H and O–H groups in total. The summed E-state index contributed by atoms with van der Waals surface area (Å²) in [4.78, 5) is 9.01. The van der Waals surface area contributed by atoms with Gasteiger partial charge in [-0.1, -0.05) is 29.8 Å². The number of guanidine groups is 1. The molecule has 156 valence electrons. The van der Waals surface area contributed by atoms with E-state index in [1.807, 2.05) is 24.3 Å².